The molecule has 0 fully saturated rings. The Labute approximate surface area is 65.0 Å². The Kier molecular flexibility index (Phi) is 4.19. The summed E-state index contributed by atoms with van der Waals surface area (Å²) in [6.45, 7) is 10.2. The maximum absolute atomic E-state index is 3.47. The Hall–Kier alpha value is -0.440. The summed E-state index contributed by atoms with van der Waals surface area (Å²) in [6, 6.07) is 0. The second-order valence-corrected chi connectivity index (χ2v) is 3.37. The van der Waals surface area contributed by atoms with Gasteiger partial charge in [-0.25, -0.2) is 0 Å². The van der Waals surface area contributed by atoms with Gasteiger partial charge in [0.1, 0.15) is 0 Å². The average molecular weight is 137 g/mol. The zero-order chi connectivity index (χ0) is 8.04. The fourth-order valence-electron chi connectivity index (χ4n) is 0.666. The quantitative estimate of drug-likeness (QED) is 0.524. The molecule has 0 aromatic rings. The molecule has 0 N–H and O–H groups in total. The van der Waals surface area contributed by atoms with Crippen LogP contribution in [0.15, 0.2) is 0 Å². The van der Waals surface area contributed by atoms with E-state index in [1.807, 2.05) is 0 Å². The van der Waals surface area contributed by atoms with Gasteiger partial charge in [-0.15, -0.1) is 11.8 Å². The van der Waals surface area contributed by atoms with Gasteiger partial charge in [0, 0.05) is 13.3 Å². The number of hydrogen-bond donors (Lipinski definition) is 0. The van der Waals surface area contributed by atoms with E-state index in [-0.39, 0.29) is 0 Å². The summed E-state index contributed by atoms with van der Waals surface area (Å²) < 4.78 is 0. The molecular weight excluding hydrogens is 120 g/mol. The molecule has 1 radical (unpaired) electrons. The van der Waals surface area contributed by atoms with Gasteiger partial charge in [-0.2, -0.15) is 0 Å². The summed E-state index contributed by atoms with van der Waals surface area (Å²) in [5, 5.41) is 0. The van der Waals surface area contributed by atoms with Crippen LogP contribution in [0, 0.1) is 24.2 Å². The largest absolute Gasteiger partial charge is 0.103 e. The third-order valence-electron chi connectivity index (χ3n) is 2.01. The van der Waals surface area contributed by atoms with Crippen molar-refractivity contribution in [3.63, 3.8) is 0 Å². The second-order valence-electron chi connectivity index (χ2n) is 3.37. The second kappa shape index (κ2) is 4.39. The molecule has 0 unspecified atom stereocenters. The van der Waals surface area contributed by atoms with E-state index in [0.29, 0.717) is 5.41 Å². The highest BCUT2D eigenvalue weighted by Crippen LogP contribution is 2.25. The summed E-state index contributed by atoms with van der Waals surface area (Å²) in [5.41, 5.74) is 0.462. The first kappa shape index (κ1) is 9.56. The number of rotatable bonds is 3. The number of hydrogen-bond acceptors (Lipinski definition) is 0. The minimum Gasteiger partial charge on any atom is -0.103 e. The van der Waals surface area contributed by atoms with Gasteiger partial charge in [0.25, 0.3) is 0 Å². The molecule has 10 heavy (non-hydrogen) atoms. The lowest BCUT2D eigenvalue weighted by Crippen LogP contribution is -2.08. The van der Waals surface area contributed by atoms with E-state index in [2.05, 4.69) is 39.5 Å². The van der Waals surface area contributed by atoms with E-state index >= 15 is 0 Å². The van der Waals surface area contributed by atoms with Crippen LogP contribution in [0.3, 0.4) is 0 Å². The van der Waals surface area contributed by atoms with Crippen molar-refractivity contribution >= 4 is 0 Å². The van der Waals surface area contributed by atoms with Crippen LogP contribution in [-0.2, 0) is 0 Å². The van der Waals surface area contributed by atoms with E-state index in [1.54, 1.807) is 0 Å². The van der Waals surface area contributed by atoms with Crippen LogP contribution in [-0.4, -0.2) is 0 Å². The Bertz CT molecular complexity index is 132. The highest BCUT2D eigenvalue weighted by atomic mass is 14.2. The molecule has 0 heterocycles. The van der Waals surface area contributed by atoms with E-state index in [1.165, 1.54) is 12.8 Å². The van der Waals surface area contributed by atoms with Gasteiger partial charge in [0.15, 0.2) is 0 Å². The zero-order valence-electron chi connectivity index (χ0n) is 7.33. The monoisotopic (exact) mass is 137 g/mol. The molecule has 0 nitrogen and oxygen atoms in total. The van der Waals surface area contributed by atoms with Gasteiger partial charge in [-0.05, 0) is 11.8 Å². The summed E-state index contributed by atoms with van der Waals surface area (Å²) in [5.74, 6) is 5.64. The normalized spacial score (nSPS) is 10.4. The molecule has 0 atom stereocenters. The lowest BCUT2D eigenvalue weighted by atomic mass is 9.85. The van der Waals surface area contributed by atoms with Crippen LogP contribution >= 0.6 is 0 Å². The van der Waals surface area contributed by atoms with Crippen molar-refractivity contribution < 1.29 is 0 Å². The third kappa shape index (κ3) is 4.44. The van der Waals surface area contributed by atoms with Crippen molar-refractivity contribution in [3.8, 4) is 11.8 Å². The predicted octanol–water partition coefficient (Wildman–Crippen LogP) is 3.04. The van der Waals surface area contributed by atoms with Crippen molar-refractivity contribution in [3.05, 3.63) is 6.92 Å². The molecule has 0 rings (SSSR count). The lowest BCUT2D eigenvalue weighted by Gasteiger charge is -2.20. The molecule has 0 aliphatic carbocycles. The van der Waals surface area contributed by atoms with Crippen molar-refractivity contribution in [2.45, 2.75) is 40.0 Å². The molecule has 57 valence electrons. The maximum Gasteiger partial charge on any atom is 0.0198 e. The van der Waals surface area contributed by atoms with E-state index in [4.69, 9.17) is 0 Å². The van der Waals surface area contributed by atoms with Gasteiger partial charge < -0.3 is 0 Å². The Balaban J connectivity index is 3.53. The first-order valence-electron chi connectivity index (χ1n) is 3.87. The van der Waals surface area contributed by atoms with Crippen LogP contribution in [0.1, 0.15) is 40.0 Å². The van der Waals surface area contributed by atoms with Gasteiger partial charge in [-0.1, -0.05) is 27.2 Å². The van der Waals surface area contributed by atoms with E-state index in [9.17, 15) is 0 Å². The van der Waals surface area contributed by atoms with Crippen LogP contribution < -0.4 is 0 Å². The zero-order valence-corrected chi connectivity index (χ0v) is 7.33. The van der Waals surface area contributed by atoms with E-state index in [0.717, 1.165) is 6.42 Å². The Morgan fingerprint density at radius 3 is 2.40 bits per heavy atom. The van der Waals surface area contributed by atoms with Gasteiger partial charge in [-0.3, -0.25) is 0 Å². The van der Waals surface area contributed by atoms with Gasteiger partial charge in [0.05, 0.1) is 0 Å². The molecule has 0 bridgehead atoms. The topological polar surface area (TPSA) is 0 Å². The molecule has 0 aliphatic rings. The molecule has 0 aliphatic heterocycles. The van der Waals surface area contributed by atoms with Gasteiger partial charge >= 0.3 is 0 Å². The van der Waals surface area contributed by atoms with Crippen molar-refractivity contribution in [2.24, 2.45) is 5.41 Å². The van der Waals surface area contributed by atoms with Gasteiger partial charge in [0.2, 0.25) is 0 Å². The minimum atomic E-state index is 0.462. The van der Waals surface area contributed by atoms with Crippen LogP contribution in [0.5, 0.6) is 0 Å². The molecule has 0 amide bonds. The summed E-state index contributed by atoms with van der Waals surface area (Å²) in [6.07, 6.45) is 3.40. The summed E-state index contributed by atoms with van der Waals surface area (Å²) in [7, 11) is 0. The van der Waals surface area contributed by atoms with Crippen molar-refractivity contribution in [1.29, 1.82) is 0 Å². The van der Waals surface area contributed by atoms with Crippen LogP contribution in [0.25, 0.3) is 0 Å². The average Bonchev–Trinajstić information content (AvgIpc) is 1.89. The summed E-state index contributed by atoms with van der Waals surface area (Å²) in [4.78, 5) is 0. The molecular formula is C10H17. The predicted molar refractivity (Wildman–Crippen MR) is 46.4 cm³/mol. The molecule has 0 heteroatoms. The molecule has 0 spiro atoms. The molecule has 0 aromatic heterocycles. The molecule has 0 aromatic carbocycles. The molecule has 0 saturated heterocycles. The fourth-order valence-corrected chi connectivity index (χ4v) is 0.666. The van der Waals surface area contributed by atoms with Crippen molar-refractivity contribution in [1.82, 2.24) is 0 Å². The van der Waals surface area contributed by atoms with E-state index < -0.39 is 0 Å². The maximum atomic E-state index is 3.47. The van der Waals surface area contributed by atoms with Crippen molar-refractivity contribution in [2.75, 3.05) is 0 Å². The van der Waals surface area contributed by atoms with Crippen LogP contribution in [0.2, 0.25) is 0 Å². The smallest absolute Gasteiger partial charge is 0.0198 e. The Morgan fingerprint density at radius 2 is 2.00 bits per heavy atom. The first-order valence-corrected chi connectivity index (χ1v) is 3.87. The standard InChI is InChI=1S/C10H17/c1-5-7-8-9-10(3,4)6-2/h1,6,8-9H2,2-4H3. The SMILES string of the molecule is [CH2]C#CCCC(C)(C)CC. The van der Waals surface area contributed by atoms with Crippen LogP contribution in [0.4, 0.5) is 0 Å². The third-order valence-corrected chi connectivity index (χ3v) is 2.01. The Morgan fingerprint density at radius 1 is 1.40 bits per heavy atom. The minimum absolute atomic E-state index is 0.462. The first-order chi connectivity index (χ1) is 4.62. The molecule has 0 saturated carbocycles. The highest BCUT2D eigenvalue weighted by Gasteiger charge is 2.12. The summed E-state index contributed by atoms with van der Waals surface area (Å²) >= 11 is 0. The highest BCUT2D eigenvalue weighted by molar-refractivity contribution is 5.01. The fraction of sp³-hybridized carbons (Fsp3) is 0.700. The lowest BCUT2D eigenvalue weighted by molar-refractivity contribution is 0.327.